The van der Waals surface area contributed by atoms with Crippen molar-refractivity contribution in [1.29, 1.82) is 0 Å². The first-order chi connectivity index (χ1) is 9.11. The molecule has 0 saturated heterocycles. The molecule has 1 atom stereocenters. The first kappa shape index (κ1) is 14.7. The van der Waals surface area contributed by atoms with Gasteiger partial charge < -0.3 is 4.74 Å². The highest BCUT2D eigenvalue weighted by atomic mass is 35.5. The van der Waals surface area contributed by atoms with Gasteiger partial charge in [0, 0.05) is 12.8 Å². The molecule has 3 nitrogen and oxygen atoms in total. The van der Waals surface area contributed by atoms with Crippen LogP contribution >= 0.6 is 11.6 Å². The number of rotatable bonds is 4. The molecule has 1 heterocycles. The largest absolute Gasteiger partial charge is 0.373 e. The lowest BCUT2D eigenvalue weighted by atomic mass is 9.85. The Labute approximate surface area is 120 Å². The second-order valence-electron chi connectivity index (χ2n) is 5.68. The minimum absolute atomic E-state index is 0.0171. The van der Waals surface area contributed by atoms with Gasteiger partial charge >= 0.3 is 0 Å². The van der Waals surface area contributed by atoms with Crippen LogP contribution in [0.3, 0.4) is 0 Å². The van der Waals surface area contributed by atoms with Gasteiger partial charge in [-0.3, -0.25) is 0 Å². The molecule has 4 heteroatoms. The van der Waals surface area contributed by atoms with Gasteiger partial charge in [0.25, 0.3) is 0 Å². The van der Waals surface area contributed by atoms with Crippen molar-refractivity contribution >= 4 is 11.6 Å². The van der Waals surface area contributed by atoms with Gasteiger partial charge in [-0.2, -0.15) is 0 Å². The number of halogens is 1. The van der Waals surface area contributed by atoms with E-state index in [-0.39, 0.29) is 6.10 Å². The predicted molar refractivity (Wildman–Crippen MR) is 77.5 cm³/mol. The molecule has 1 aliphatic carbocycles. The average molecular weight is 283 g/mol. The zero-order valence-corrected chi connectivity index (χ0v) is 12.8. The average Bonchev–Trinajstić information content (AvgIpc) is 2.40. The zero-order chi connectivity index (χ0) is 13.8. The number of aromatic nitrogens is 2. The molecule has 0 N–H and O–H groups in total. The molecule has 0 aromatic carbocycles. The van der Waals surface area contributed by atoms with Gasteiger partial charge in [-0.15, -0.1) is 0 Å². The summed E-state index contributed by atoms with van der Waals surface area (Å²) in [6.45, 7) is 4.23. The fourth-order valence-corrected chi connectivity index (χ4v) is 3.02. The molecule has 0 bridgehead atoms. The highest BCUT2D eigenvalue weighted by molar-refractivity contribution is 6.29. The smallest absolute Gasteiger partial charge is 0.159 e. The van der Waals surface area contributed by atoms with E-state index >= 15 is 0 Å². The van der Waals surface area contributed by atoms with E-state index in [0.717, 1.165) is 11.5 Å². The summed E-state index contributed by atoms with van der Waals surface area (Å²) in [5.74, 6) is 1.63. The number of hydrogen-bond acceptors (Lipinski definition) is 3. The standard InChI is InChI=1S/C15H23ClN2O/c1-10(2)12-9-13(16)18-15(17-12)14(19-3)11-7-5-4-6-8-11/h9-11,14H,4-8H2,1-3H3. The van der Waals surface area contributed by atoms with E-state index in [1.807, 2.05) is 6.07 Å². The van der Waals surface area contributed by atoms with Crippen LogP contribution in [0.2, 0.25) is 5.15 Å². The summed E-state index contributed by atoms with van der Waals surface area (Å²) in [6.07, 6.45) is 6.28. The monoisotopic (exact) mass is 282 g/mol. The lowest BCUT2D eigenvalue weighted by Gasteiger charge is -2.28. The highest BCUT2D eigenvalue weighted by Crippen LogP contribution is 2.35. The lowest BCUT2D eigenvalue weighted by molar-refractivity contribution is 0.0287. The molecule has 0 radical (unpaired) electrons. The SMILES string of the molecule is COC(c1nc(Cl)cc(C(C)C)n1)C1CCCCC1. The summed E-state index contributed by atoms with van der Waals surface area (Å²) >= 11 is 6.13. The molecule has 1 saturated carbocycles. The van der Waals surface area contributed by atoms with Crippen molar-refractivity contribution in [2.45, 2.75) is 58.0 Å². The van der Waals surface area contributed by atoms with Crippen molar-refractivity contribution in [3.8, 4) is 0 Å². The third-order valence-electron chi connectivity index (χ3n) is 3.91. The van der Waals surface area contributed by atoms with Gasteiger partial charge in [0.15, 0.2) is 5.82 Å². The number of nitrogens with zero attached hydrogens (tertiary/aromatic N) is 2. The summed E-state index contributed by atoms with van der Waals surface area (Å²) in [4.78, 5) is 9.05. The molecule has 2 rings (SSSR count). The van der Waals surface area contributed by atoms with Crippen molar-refractivity contribution in [3.05, 3.63) is 22.7 Å². The first-order valence-electron chi connectivity index (χ1n) is 7.19. The molecule has 1 aromatic heterocycles. The van der Waals surface area contributed by atoms with Crippen LogP contribution in [0.15, 0.2) is 6.07 Å². The van der Waals surface area contributed by atoms with E-state index in [9.17, 15) is 0 Å². The normalized spacial score (nSPS) is 18.8. The van der Waals surface area contributed by atoms with E-state index in [1.54, 1.807) is 7.11 Å². The Morgan fingerprint density at radius 3 is 2.47 bits per heavy atom. The molecule has 0 spiro atoms. The molecule has 1 unspecified atom stereocenters. The number of ether oxygens (including phenoxy) is 1. The molecule has 19 heavy (non-hydrogen) atoms. The maximum Gasteiger partial charge on any atom is 0.159 e. The van der Waals surface area contributed by atoms with E-state index < -0.39 is 0 Å². The van der Waals surface area contributed by atoms with Crippen molar-refractivity contribution in [1.82, 2.24) is 9.97 Å². The fraction of sp³-hybridized carbons (Fsp3) is 0.733. The van der Waals surface area contributed by atoms with Crippen molar-refractivity contribution in [3.63, 3.8) is 0 Å². The minimum atomic E-state index is -0.0171. The van der Waals surface area contributed by atoms with Gasteiger partial charge in [-0.05, 0) is 30.7 Å². The Kier molecular flexibility index (Phi) is 5.17. The fourth-order valence-electron chi connectivity index (χ4n) is 2.82. The van der Waals surface area contributed by atoms with Crippen LogP contribution in [0.25, 0.3) is 0 Å². The topological polar surface area (TPSA) is 35.0 Å². The van der Waals surface area contributed by atoms with Crippen LogP contribution in [0.4, 0.5) is 0 Å². The lowest BCUT2D eigenvalue weighted by Crippen LogP contribution is -2.20. The summed E-state index contributed by atoms with van der Waals surface area (Å²) in [5.41, 5.74) is 0.993. The third kappa shape index (κ3) is 3.67. The van der Waals surface area contributed by atoms with E-state index in [4.69, 9.17) is 16.3 Å². The number of hydrogen-bond donors (Lipinski definition) is 0. The Morgan fingerprint density at radius 2 is 1.89 bits per heavy atom. The van der Waals surface area contributed by atoms with Gasteiger partial charge in [0.05, 0.1) is 0 Å². The predicted octanol–water partition coefficient (Wildman–Crippen LogP) is 4.52. The second-order valence-corrected chi connectivity index (χ2v) is 6.07. The molecular weight excluding hydrogens is 260 g/mol. The Bertz CT molecular complexity index is 417. The van der Waals surface area contributed by atoms with Crippen LogP contribution in [-0.4, -0.2) is 17.1 Å². The molecule has 1 aliphatic rings. The summed E-state index contributed by atoms with van der Waals surface area (Å²) in [6, 6.07) is 1.85. The molecule has 0 aliphatic heterocycles. The first-order valence-corrected chi connectivity index (χ1v) is 7.56. The molecule has 0 amide bonds. The van der Waals surface area contributed by atoms with Crippen LogP contribution < -0.4 is 0 Å². The van der Waals surface area contributed by atoms with Crippen LogP contribution in [0, 0.1) is 5.92 Å². The van der Waals surface area contributed by atoms with Gasteiger partial charge in [0.1, 0.15) is 11.3 Å². The minimum Gasteiger partial charge on any atom is -0.373 e. The Hall–Kier alpha value is -0.670. The number of methoxy groups -OCH3 is 1. The van der Waals surface area contributed by atoms with Crippen molar-refractivity contribution in [2.75, 3.05) is 7.11 Å². The Balaban J connectivity index is 2.26. The van der Waals surface area contributed by atoms with E-state index in [0.29, 0.717) is 17.0 Å². The molecule has 106 valence electrons. The van der Waals surface area contributed by atoms with Gasteiger partial charge in [0.2, 0.25) is 0 Å². The molecule has 1 aromatic rings. The zero-order valence-electron chi connectivity index (χ0n) is 12.0. The van der Waals surface area contributed by atoms with Crippen LogP contribution in [-0.2, 0) is 4.74 Å². The maximum absolute atomic E-state index is 6.13. The van der Waals surface area contributed by atoms with Crippen LogP contribution in [0.5, 0.6) is 0 Å². The molecule has 1 fully saturated rings. The second kappa shape index (κ2) is 6.67. The van der Waals surface area contributed by atoms with Crippen molar-refractivity contribution in [2.24, 2.45) is 5.92 Å². The highest BCUT2D eigenvalue weighted by Gasteiger charge is 2.27. The quantitative estimate of drug-likeness (QED) is 0.762. The maximum atomic E-state index is 6.13. The summed E-state index contributed by atoms with van der Waals surface area (Å²) in [7, 11) is 1.75. The molecular formula is C15H23ClN2O. The van der Waals surface area contributed by atoms with E-state index in [2.05, 4.69) is 23.8 Å². The Morgan fingerprint density at radius 1 is 1.21 bits per heavy atom. The summed E-state index contributed by atoms with van der Waals surface area (Å²) < 4.78 is 5.68. The third-order valence-corrected chi connectivity index (χ3v) is 4.10. The summed E-state index contributed by atoms with van der Waals surface area (Å²) in [5, 5.41) is 0.520. The van der Waals surface area contributed by atoms with Gasteiger partial charge in [-0.1, -0.05) is 44.7 Å². The van der Waals surface area contributed by atoms with Gasteiger partial charge in [-0.25, -0.2) is 9.97 Å². The van der Waals surface area contributed by atoms with Crippen LogP contribution in [0.1, 0.15) is 69.5 Å². The van der Waals surface area contributed by atoms with Crippen molar-refractivity contribution < 1.29 is 4.74 Å². The van der Waals surface area contributed by atoms with E-state index in [1.165, 1.54) is 32.1 Å².